The summed E-state index contributed by atoms with van der Waals surface area (Å²) >= 11 is 2.92. The molecule has 1 unspecified atom stereocenters. The summed E-state index contributed by atoms with van der Waals surface area (Å²) in [5, 5.41) is 18.3. The molecule has 1 N–H and O–H groups in total. The van der Waals surface area contributed by atoms with Gasteiger partial charge < -0.3 is 5.11 Å². The molecule has 0 amide bonds. The number of alkyl halides is 1. The standard InChI is InChI=1S/C3H6BrO2/c4-1-3(6)2-5/h3,6H,1-2H2. The van der Waals surface area contributed by atoms with Gasteiger partial charge in [-0.05, 0) is 0 Å². The van der Waals surface area contributed by atoms with Gasteiger partial charge in [0.15, 0.2) is 0 Å². The molecule has 0 spiro atoms. The summed E-state index contributed by atoms with van der Waals surface area (Å²) in [6.07, 6.45) is -0.704. The summed E-state index contributed by atoms with van der Waals surface area (Å²) in [6.45, 7) is -0.411. The topological polar surface area (TPSA) is 40.1 Å². The Morgan fingerprint density at radius 2 is 2.33 bits per heavy atom. The van der Waals surface area contributed by atoms with Crippen molar-refractivity contribution in [2.45, 2.75) is 6.10 Å². The Kier molecular flexibility index (Phi) is 3.82. The van der Waals surface area contributed by atoms with E-state index in [1.54, 1.807) is 0 Å². The van der Waals surface area contributed by atoms with Crippen LogP contribution in [0.5, 0.6) is 0 Å². The molecule has 0 aliphatic rings. The molecule has 0 aliphatic carbocycles. The van der Waals surface area contributed by atoms with Crippen LogP contribution in [0.1, 0.15) is 0 Å². The van der Waals surface area contributed by atoms with Crippen LogP contribution in [-0.4, -0.2) is 23.1 Å². The lowest BCUT2D eigenvalue weighted by Crippen LogP contribution is -2.11. The highest BCUT2D eigenvalue weighted by Gasteiger charge is 1.95. The number of hydrogen-bond acceptors (Lipinski definition) is 1. The minimum atomic E-state index is -0.704. The molecule has 6 heavy (non-hydrogen) atoms. The number of hydrogen-bond donors (Lipinski definition) is 1. The van der Waals surface area contributed by atoms with E-state index >= 15 is 0 Å². The highest BCUT2D eigenvalue weighted by Crippen LogP contribution is 1.85. The molecule has 0 aromatic rings. The predicted octanol–water partition coefficient (Wildman–Crippen LogP) is 0.173. The van der Waals surface area contributed by atoms with Crippen LogP contribution < -0.4 is 0 Å². The second-order valence-electron chi connectivity index (χ2n) is 0.975. The van der Waals surface area contributed by atoms with Crippen molar-refractivity contribution in [1.82, 2.24) is 0 Å². The fourth-order valence-corrected chi connectivity index (χ4v) is 0.231. The first-order valence-corrected chi connectivity index (χ1v) is 2.75. The molecule has 0 saturated carbocycles. The number of halogens is 1. The molecule has 1 radical (unpaired) electrons. The van der Waals surface area contributed by atoms with Crippen molar-refractivity contribution in [3.8, 4) is 0 Å². The molecule has 0 aliphatic heterocycles. The summed E-state index contributed by atoms with van der Waals surface area (Å²) in [6, 6.07) is 0. The van der Waals surface area contributed by atoms with Gasteiger partial charge in [-0.25, -0.2) is 5.11 Å². The molecule has 0 saturated heterocycles. The Balaban J connectivity index is 2.75. The second kappa shape index (κ2) is 3.59. The van der Waals surface area contributed by atoms with Crippen molar-refractivity contribution >= 4 is 15.9 Å². The van der Waals surface area contributed by atoms with Crippen molar-refractivity contribution in [3.63, 3.8) is 0 Å². The monoisotopic (exact) mass is 153 g/mol. The predicted molar refractivity (Wildman–Crippen MR) is 25.4 cm³/mol. The van der Waals surface area contributed by atoms with E-state index in [9.17, 15) is 5.11 Å². The smallest absolute Gasteiger partial charge is 0.109 e. The van der Waals surface area contributed by atoms with Crippen molar-refractivity contribution < 1.29 is 10.2 Å². The molecule has 0 fully saturated rings. The summed E-state index contributed by atoms with van der Waals surface area (Å²) in [4.78, 5) is 0. The van der Waals surface area contributed by atoms with Crippen LogP contribution in [0.4, 0.5) is 0 Å². The van der Waals surface area contributed by atoms with Gasteiger partial charge in [-0.1, -0.05) is 15.9 Å². The fraction of sp³-hybridized carbons (Fsp3) is 1.00. The zero-order chi connectivity index (χ0) is 4.99. The maximum Gasteiger partial charge on any atom is 0.109 e. The number of aliphatic hydroxyl groups is 1. The Labute approximate surface area is 44.9 Å². The quantitative estimate of drug-likeness (QED) is 0.566. The van der Waals surface area contributed by atoms with Crippen LogP contribution >= 0.6 is 15.9 Å². The minimum Gasteiger partial charge on any atom is -0.390 e. The molecule has 0 aromatic heterocycles. The van der Waals surface area contributed by atoms with E-state index in [0.29, 0.717) is 5.33 Å². The summed E-state index contributed by atoms with van der Waals surface area (Å²) in [5.74, 6) is 0. The SMILES string of the molecule is [O]CC(O)CBr. The highest BCUT2D eigenvalue weighted by molar-refractivity contribution is 9.09. The third kappa shape index (κ3) is 2.63. The summed E-state index contributed by atoms with van der Waals surface area (Å²) in [5.41, 5.74) is 0. The van der Waals surface area contributed by atoms with Crippen molar-refractivity contribution in [2.75, 3.05) is 11.9 Å². The van der Waals surface area contributed by atoms with E-state index in [2.05, 4.69) is 15.9 Å². The zero-order valence-electron chi connectivity index (χ0n) is 3.22. The Hall–Kier alpha value is 0.400. The lowest BCUT2D eigenvalue weighted by molar-refractivity contribution is 0.0708. The molecular weight excluding hydrogens is 148 g/mol. The summed E-state index contributed by atoms with van der Waals surface area (Å²) in [7, 11) is 0. The first-order valence-electron chi connectivity index (χ1n) is 1.63. The van der Waals surface area contributed by atoms with E-state index in [1.807, 2.05) is 0 Å². The van der Waals surface area contributed by atoms with Gasteiger partial charge >= 0.3 is 0 Å². The Morgan fingerprint density at radius 3 is 2.33 bits per heavy atom. The number of rotatable bonds is 2. The Morgan fingerprint density at radius 1 is 1.83 bits per heavy atom. The van der Waals surface area contributed by atoms with Gasteiger partial charge in [0.1, 0.15) is 6.61 Å². The van der Waals surface area contributed by atoms with Crippen molar-refractivity contribution in [1.29, 1.82) is 0 Å². The van der Waals surface area contributed by atoms with Crippen LogP contribution in [0.25, 0.3) is 0 Å². The molecule has 0 aromatic carbocycles. The van der Waals surface area contributed by atoms with Gasteiger partial charge in [0, 0.05) is 5.33 Å². The fourth-order valence-electron chi connectivity index (χ4n) is 0.0445. The van der Waals surface area contributed by atoms with Gasteiger partial charge in [-0.15, -0.1) is 0 Å². The van der Waals surface area contributed by atoms with Gasteiger partial charge in [-0.2, -0.15) is 0 Å². The molecule has 0 bridgehead atoms. The zero-order valence-corrected chi connectivity index (χ0v) is 4.81. The van der Waals surface area contributed by atoms with Crippen LogP contribution in [0.15, 0.2) is 0 Å². The van der Waals surface area contributed by atoms with Crippen LogP contribution in [0.2, 0.25) is 0 Å². The largest absolute Gasteiger partial charge is 0.390 e. The van der Waals surface area contributed by atoms with Crippen LogP contribution in [-0.2, 0) is 5.11 Å². The molecule has 2 nitrogen and oxygen atoms in total. The van der Waals surface area contributed by atoms with Gasteiger partial charge in [-0.3, -0.25) is 0 Å². The van der Waals surface area contributed by atoms with Crippen molar-refractivity contribution in [3.05, 3.63) is 0 Å². The average molecular weight is 154 g/mol. The highest BCUT2D eigenvalue weighted by atomic mass is 79.9. The van der Waals surface area contributed by atoms with Gasteiger partial charge in [0.2, 0.25) is 0 Å². The lowest BCUT2D eigenvalue weighted by Gasteiger charge is -1.94. The average Bonchev–Trinajstić information content (AvgIpc) is 1.65. The minimum absolute atomic E-state index is 0.385. The third-order valence-electron chi connectivity index (χ3n) is 0.371. The molecule has 0 rings (SSSR count). The van der Waals surface area contributed by atoms with Crippen molar-refractivity contribution in [2.24, 2.45) is 0 Å². The summed E-state index contributed by atoms with van der Waals surface area (Å²) < 4.78 is 0. The van der Waals surface area contributed by atoms with Gasteiger partial charge in [0.25, 0.3) is 0 Å². The van der Waals surface area contributed by atoms with E-state index in [0.717, 1.165) is 0 Å². The number of aliphatic hydroxyl groups excluding tert-OH is 1. The Bertz CT molecular complexity index is 28.0. The van der Waals surface area contributed by atoms with E-state index < -0.39 is 12.7 Å². The first-order chi connectivity index (χ1) is 2.81. The van der Waals surface area contributed by atoms with E-state index in [-0.39, 0.29) is 0 Å². The first kappa shape index (κ1) is 6.40. The maximum atomic E-state index is 9.58. The lowest BCUT2D eigenvalue weighted by atomic mass is 10.5. The molecule has 37 valence electrons. The molecule has 0 heterocycles. The van der Waals surface area contributed by atoms with Crippen LogP contribution in [0.3, 0.4) is 0 Å². The van der Waals surface area contributed by atoms with Gasteiger partial charge in [0.05, 0.1) is 6.10 Å². The molecular formula is C3H6BrO2. The van der Waals surface area contributed by atoms with E-state index in [4.69, 9.17) is 5.11 Å². The normalized spacial score (nSPS) is 14.5. The maximum absolute atomic E-state index is 9.58. The van der Waals surface area contributed by atoms with E-state index in [1.165, 1.54) is 0 Å². The molecule has 1 atom stereocenters. The third-order valence-corrected chi connectivity index (χ3v) is 1.12. The molecule has 3 heteroatoms. The second-order valence-corrected chi connectivity index (χ2v) is 1.62. The van der Waals surface area contributed by atoms with Crippen LogP contribution in [0, 0.1) is 0 Å².